The molecule has 4 heteroatoms. The van der Waals surface area contributed by atoms with E-state index in [1.165, 1.54) is 0 Å². The first-order chi connectivity index (χ1) is 9.22. The molecule has 4 nitrogen and oxygen atoms in total. The van der Waals surface area contributed by atoms with Gasteiger partial charge >= 0.3 is 0 Å². The molecule has 0 aromatic carbocycles. The van der Waals surface area contributed by atoms with Crippen molar-refractivity contribution in [1.29, 1.82) is 0 Å². The summed E-state index contributed by atoms with van der Waals surface area (Å²) >= 11 is 0. The van der Waals surface area contributed by atoms with Crippen LogP contribution in [0.3, 0.4) is 0 Å². The number of rotatable bonds is 6. The van der Waals surface area contributed by atoms with Crippen molar-refractivity contribution in [2.45, 2.75) is 26.4 Å². The summed E-state index contributed by atoms with van der Waals surface area (Å²) in [5.41, 5.74) is 2.24. The Morgan fingerprint density at radius 1 is 1.42 bits per heavy atom. The van der Waals surface area contributed by atoms with Crippen LogP contribution in [-0.2, 0) is 11.3 Å². The van der Waals surface area contributed by atoms with Crippen molar-refractivity contribution in [1.82, 2.24) is 15.2 Å². The van der Waals surface area contributed by atoms with Gasteiger partial charge in [0.15, 0.2) is 0 Å². The van der Waals surface area contributed by atoms with Crippen LogP contribution < -0.4 is 5.32 Å². The van der Waals surface area contributed by atoms with Gasteiger partial charge in [0, 0.05) is 30.7 Å². The first-order valence-electron chi connectivity index (χ1n) is 7.12. The maximum absolute atomic E-state index is 5.57. The lowest BCUT2D eigenvalue weighted by Crippen LogP contribution is -2.40. The second-order valence-electron chi connectivity index (χ2n) is 5.29. The number of aryl methyl sites for hydroxylation is 1. The molecule has 19 heavy (non-hydrogen) atoms. The summed E-state index contributed by atoms with van der Waals surface area (Å²) in [6.45, 7) is 8.98. The summed E-state index contributed by atoms with van der Waals surface area (Å²) < 4.78 is 5.57. The molecule has 0 saturated carbocycles. The molecule has 1 aromatic heterocycles. The summed E-state index contributed by atoms with van der Waals surface area (Å²) in [6.07, 6.45) is 0. The van der Waals surface area contributed by atoms with Crippen LogP contribution in [0.1, 0.15) is 18.3 Å². The number of aromatic nitrogens is 1. The van der Waals surface area contributed by atoms with Crippen molar-refractivity contribution < 1.29 is 4.74 Å². The zero-order chi connectivity index (χ0) is 13.7. The monoisotopic (exact) mass is 263 g/mol. The van der Waals surface area contributed by atoms with Crippen molar-refractivity contribution in [2.75, 3.05) is 33.4 Å². The third kappa shape index (κ3) is 4.00. The summed E-state index contributed by atoms with van der Waals surface area (Å²) in [6, 6.07) is 6.72. The highest BCUT2D eigenvalue weighted by atomic mass is 16.5. The highest BCUT2D eigenvalue weighted by Gasteiger charge is 2.28. The van der Waals surface area contributed by atoms with Crippen LogP contribution in [0.4, 0.5) is 0 Å². The Kier molecular flexibility index (Phi) is 5.31. The maximum atomic E-state index is 5.57. The average molecular weight is 263 g/mol. The Hall–Kier alpha value is -0.970. The predicted octanol–water partition coefficient (Wildman–Crippen LogP) is 1.45. The van der Waals surface area contributed by atoms with Crippen LogP contribution in [0.15, 0.2) is 18.2 Å². The number of hydrogen-bond donors (Lipinski definition) is 1. The summed E-state index contributed by atoms with van der Waals surface area (Å²) in [5.74, 6) is 0.578. The van der Waals surface area contributed by atoms with Gasteiger partial charge in [-0.2, -0.15) is 0 Å². The van der Waals surface area contributed by atoms with Gasteiger partial charge in [0.1, 0.15) is 0 Å². The van der Waals surface area contributed by atoms with E-state index in [1.807, 2.05) is 20.0 Å². The van der Waals surface area contributed by atoms with E-state index in [2.05, 4.69) is 34.3 Å². The van der Waals surface area contributed by atoms with Crippen molar-refractivity contribution in [3.05, 3.63) is 29.6 Å². The van der Waals surface area contributed by atoms with Gasteiger partial charge in [0.25, 0.3) is 0 Å². The van der Waals surface area contributed by atoms with Crippen LogP contribution >= 0.6 is 0 Å². The molecule has 1 aliphatic heterocycles. The Bertz CT molecular complexity index is 397. The summed E-state index contributed by atoms with van der Waals surface area (Å²) in [5, 5.41) is 3.35. The second kappa shape index (κ2) is 6.98. The number of nitrogens with zero attached hydrogens (tertiary/aromatic N) is 2. The third-order valence-corrected chi connectivity index (χ3v) is 3.84. The van der Waals surface area contributed by atoms with Crippen molar-refractivity contribution in [3.8, 4) is 0 Å². The molecule has 0 amide bonds. The van der Waals surface area contributed by atoms with Gasteiger partial charge in [-0.25, -0.2) is 0 Å². The van der Waals surface area contributed by atoms with E-state index in [9.17, 15) is 0 Å². The van der Waals surface area contributed by atoms with E-state index in [1.54, 1.807) is 0 Å². The molecule has 2 atom stereocenters. The van der Waals surface area contributed by atoms with Crippen molar-refractivity contribution >= 4 is 0 Å². The van der Waals surface area contributed by atoms with E-state index in [4.69, 9.17) is 4.74 Å². The lowest BCUT2D eigenvalue weighted by molar-refractivity contribution is 0.166. The first-order valence-corrected chi connectivity index (χ1v) is 7.12. The smallest absolute Gasteiger partial charge is 0.0623 e. The fourth-order valence-electron chi connectivity index (χ4n) is 2.65. The molecule has 1 aliphatic rings. The highest BCUT2D eigenvalue weighted by Crippen LogP contribution is 2.16. The van der Waals surface area contributed by atoms with Crippen LogP contribution in [0.5, 0.6) is 0 Å². The van der Waals surface area contributed by atoms with Gasteiger partial charge in [-0.3, -0.25) is 9.88 Å². The minimum atomic E-state index is 0.486. The molecule has 1 fully saturated rings. The van der Waals surface area contributed by atoms with Crippen LogP contribution in [-0.4, -0.2) is 49.3 Å². The number of pyridine rings is 1. The standard InChI is InChI=1S/C15H25N3O/c1-4-18(8-13-10-19-11-15(13)16-3)9-14-7-5-6-12(2)17-14/h5-7,13,15-16H,4,8-11H2,1-3H3. The molecule has 1 N–H and O–H groups in total. The SMILES string of the molecule is CCN(Cc1cccc(C)n1)CC1COCC1NC. The lowest BCUT2D eigenvalue weighted by atomic mass is 10.0. The predicted molar refractivity (Wildman–Crippen MR) is 77.1 cm³/mol. The van der Waals surface area contributed by atoms with Crippen LogP contribution in [0.2, 0.25) is 0 Å². The molecule has 0 aliphatic carbocycles. The number of ether oxygens (including phenoxy) is 1. The zero-order valence-corrected chi connectivity index (χ0v) is 12.2. The van der Waals surface area contributed by atoms with E-state index in [-0.39, 0.29) is 0 Å². The molecule has 0 bridgehead atoms. The summed E-state index contributed by atoms with van der Waals surface area (Å²) in [7, 11) is 2.02. The van der Waals surface area contributed by atoms with Crippen molar-refractivity contribution in [3.63, 3.8) is 0 Å². The van der Waals surface area contributed by atoms with Gasteiger partial charge in [-0.05, 0) is 32.6 Å². The topological polar surface area (TPSA) is 37.4 Å². The second-order valence-corrected chi connectivity index (χ2v) is 5.29. The van der Waals surface area contributed by atoms with Gasteiger partial charge < -0.3 is 10.1 Å². The molecular weight excluding hydrogens is 238 g/mol. The average Bonchev–Trinajstić information content (AvgIpc) is 2.85. The Morgan fingerprint density at radius 2 is 2.26 bits per heavy atom. The number of likely N-dealkylation sites (N-methyl/N-ethyl adjacent to an activating group) is 1. The fourth-order valence-corrected chi connectivity index (χ4v) is 2.65. The molecule has 106 valence electrons. The Balaban J connectivity index is 1.93. The van der Waals surface area contributed by atoms with Gasteiger partial charge in [0.2, 0.25) is 0 Å². The minimum Gasteiger partial charge on any atom is -0.379 e. The Morgan fingerprint density at radius 3 is 2.95 bits per heavy atom. The molecule has 0 radical (unpaired) electrons. The van der Waals surface area contributed by atoms with E-state index < -0.39 is 0 Å². The number of nitrogens with one attached hydrogen (secondary N) is 1. The normalized spacial score (nSPS) is 23.2. The maximum Gasteiger partial charge on any atom is 0.0623 e. The van der Waals surface area contributed by atoms with Crippen LogP contribution in [0.25, 0.3) is 0 Å². The molecule has 2 heterocycles. The Labute approximate surface area is 116 Å². The van der Waals surface area contributed by atoms with E-state index >= 15 is 0 Å². The summed E-state index contributed by atoms with van der Waals surface area (Å²) in [4.78, 5) is 7.04. The highest BCUT2D eigenvalue weighted by molar-refractivity contribution is 5.09. The van der Waals surface area contributed by atoms with E-state index in [0.29, 0.717) is 12.0 Å². The molecular formula is C15H25N3O. The third-order valence-electron chi connectivity index (χ3n) is 3.84. The van der Waals surface area contributed by atoms with Gasteiger partial charge in [-0.15, -0.1) is 0 Å². The van der Waals surface area contributed by atoms with E-state index in [0.717, 1.165) is 44.2 Å². The van der Waals surface area contributed by atoms with Crippen LogP contribution in [0, 0.1) is 12.8 Å². The van der Waals surface area contributed by atoms with Gasteiger partial charge in [-0.1, -0.05) is 13.0 Å². The van der Waals surface area contributed by atoms with Gasteiger partial charge in [0.05, 0.1) is 18.9 Å². The quantitative estimate of drug-likeness (QED) is 0.843. The fraction of sp³-hybridized carbons (Fsp3) is 0.667. The molecule has 1 aromatic rings. The largest absolute Gasteiger partial charge is 0.379 e. The lowest BCUT2D eigenvalue weighted by Gasteiger charge is -2.26. The van der Waals surface area contributed by atoms with Crippen molar-refractivity contribution in [2.24, 2.45) is 5.92 Å². The number of hydrogen-bond acceptors (Lipinski definition) is 4. The molecule has 2 unspecified atom stereocenters. The first kappa shape index (κ1) is 14.4. The zero-order valence-electron chi connectivity index (χ0n) is 12.2. The minimum absolute atomic E-state index is 0.486. The molecule has 0 spiro atoms. The molecule has 2 rings (SSSR count). The molecule has 1 saturated heterocycles.